The highest BCUT2D eigenvalue weighted by Gasteiger charge is 2.50. The predicted octanol–water partition coefficient (Wildman–Crippen LogP) is 5.60. The number of carbonyl (C=O) groups is 1. The molecule has 5 atom stereocenters. The van der Waals surface area contributed by atoms with Crippen LogP contribution < -0.4 is 9.64 Å². The van der Waals surface area contributed by atoms with E-state index in [1.807, 2.05) is 18.2 Å². The number of hydrogen-bond donors (Lipinski definition) is 0. The summed E-state index contributed by atoms with van der Waals surface area (Å²) >= 11 is 0. The van der Waals surface area contributed by atoms with Gasteiger partial charge in [-0.25, -0.2) is 17.6 Å². The third-order valence-corrected chi connectivity index (χ3v) is 10.9. The van der Waals surface area contributed by atoms with Crippen LogP contribution in [-0.2, 0) is 11.2 Å². The van der Waals surface area contributed by atoms with Crippen LogP contribution in [0.3, 0.4) is 0 Å². The van der Waals surface area contributed by atoms with Gasteiger partial charge in [0.15, 0.2) is 11.6 Å². The molecule has 8 rings (SSSR count). The molecule has 3 saturated heterocycles. The van der Waals surface area contributed by atoms with E-state index < -0.39 is 41.1 Å². The standard InChI is InChI=1S/C35H34F4N6O2/c1-19(36)33(46)45-11-10-43(17-23(45)6-8-40)32-26-14-27(38)29(24-5-2-4-20-12-21-13-25(21)28(20)24)30(39)31(26)41-34(42-32)47-18-35-7-3-9-44(35)16-22(37)15-35/h2,4-5,14,21-23,25H,1,3,6-7,9-13,15-18H2/t21?,22-,23+,25?,35+/m1/s1. The van der Waals surface area contributed by atoms with Gasteiger partial charge in [0.2, 0.25) is 0 Å². The Balaban J connectivity index is 1.22. The van der Waals surface area contributed by atoms with Gasteiger partial charge in [0.05, 0.1) is 29.6 Å². The summed E-state index contributed by atoms with van der Waals surface area (Å²) < 4.78 is 67.5. The van der Waals surface area contributed by atoms with Crippen molar-refractivity contribution in [3.8, 4) is 23.2 Å². The van der Waals surface area contributed by atoms with E-state index in [2.05, 4.69) is 21.4 Å². The molecule has 1 aromatic heterocycles. The molecule has 4 fully saturated rings. The van der Waals surface area contributed by atoms with Crippen LogP contribution in [-0.4, -0.2) is 82.8 Å². The summed E-state index contributed by atoms with van der Waals surface area (Å²) in [4.78, 5) is 26.8. The van der Waals surface area contributed by atoms with Gasteiger partial charge < -0.3 is 14.5 Å². The number of amides is 1. The van der Waals surface area contributed by atoms with Gasteiger partial charge in [-0.3, -0.25) is 9.69 Å². The van der Waals surface area contributed by atoms with Crippen molar-refractivity contribution in [3.05, 3.63) is 59.4 Å². The number of halogens is 4. The van der Waals surface area contributed by atoms with Crippen molar-refractivity contribution in [1.29, 1.82) is 5.26 Å². The number of hydrogen-bond acceptors (Lipinski definition) is 7. The Hall–Kier alpha value is -4.24. The van der Waals surface area contributed by atoms with Crippen LogP contribution in [0.4, 0.5) is 23.4 Å². The van der Waals surface area contributed by atoms with Gasteiger partial charge in [-0.2, -0.15) is 15.2 Å². The molecule has 1 saturated carbocycles. The van der Waals surface area contributed by atoms with Crippen LogP contribution in [0.25, 0.3) is 22.0 Å². The summed E-state index contributed by atoms with van der Waals surface area (Å²) in [6, 6.07) is 8.05. The maximum absolute atomic E-state index is 16.8. The smallest absolute Gasteiger partial charge is 0.319 e. The summed E-state index contributed by atoms with van der Waals surface area (Å²) in [5, 5.41) is 9.61. The number of benzene rings is 2. The van der Waals surface area contributed by atoms with Gasteiger partial charge in [-0.05, 0) is 66.8 Å². The lowest BCUT2D eigenvalue weighted by Gasteiger charge is -2.41. The van der Waals surface area contributed by atoms with E-state index in [0.29, 0.717) is 30.4 Å². The zero-order valence-electron chi connectivity index (χ0n) is 25.8. The van der Waals surface area contributed by atoms with Crippen molar-refractivity contribution in [2.75, 3.05) is 44.2 Å². The van der Waals surface area contributed by atoms with Crippen molar-refractivity contribution in [1.82, 2.24) is 19.8 Å². The number of ether oxygens (including phenoxy) is 1. The molecule has 4 heterocycles. The molecule has 1 amide bonds. The van der Waals surface area contributed by atoms with Gasteiger partial charge in [0.25, 0.3) is 5.91 Å². The first-order valence-electron chi connectivity index (χ1n) is 16.3. The van der Waals surface area contributed by atoms with E-state index in [1.54, 1.807) is 11.0 Å². The summed E-state index contributed by atoms with van der Waals surface area (Å²) in [7, 11) is 0. The van der Waals surface area contributed by atoms with Crippen molar-refractivity contribution in [2.45, 2.75) is 62.2 Å². The van der Waals surface area contributed by atoms with E-state index >= 15 is 8.78 Å². The van der Waals surface area contributed by atoms with Gasteiger partial charge in [-0.1, -0.05) is 24.8 Å². The number of nitrogens with zero attached hydrogens (tertiary/aromatic N) is 6. The Labute approximate surface area is 269 Å². The first-order chi connectivity index (χ1) is 22.7. The number of piperazine rings is 1. The minimum Gasteiger partial charge on any atom is -0.461 e. The van der Waals surface area contributed by atoms with Crippen LogP contribution in [0, 0.1) is 28.9 Å². The number of alkyl halides is 1. The van der Waals surface area contributed by atoms with Gasteiger partial charge >= 0.3 is 6.01 Å². The Morgan fingerprint density at radius 2 is 2.04 bits per heavy atom. The molecule has 2 unspecified atom stereocenters. The molecular formula is C35H34F4N6O2. The number of rotatable bonds is 7. The highest BCUT2D eigenvalue weighted by Crippen LogP contribution is 2.59. The molecule has 3 aromatic rings. The molecule has 3 aliphatic heterocycles. The van der Waals surface area contributed by atoms with Crippen molar-refractivity contribution in [2.24, 2.45) is 5.92 Å². The average molecular weight is 647 g/mol. The molecule has 5 aliphatic rings. The largest absolute Gasteiger partial charge is 0.461 e. The molecule has 12 heteroatoms. The van der Waals surface area contributed by atoms with Crippen LogP contribution in [0.1, 0.15) is 49.1 Å². The monoisotopic (exact) mass is 646 g/mol. The predicted molar refractivity (Wildman–Crippen MR) is 166 cm³/mol. The summed E-state index contributed by atoms with van der Waals surface area (Å²) in [6.07, 6.45) is 2.84. The van der Waals surface area contributed by atoms with E-state index in [-0.39, 0.29) is 61.0 Å². The molecule has 47 heavy (non-hydrogen) atoms. The third-order valence-electron chi connectivity index (χ3n) is 10.9. The van der Waals surface area contributed by atoms with E-state index in [9.17, 15) is 18.8 Å². The highest BCUT2D eigenvalue weighted by atomic mass is 19.1. The molecule has 0 bridgehead atoms. The molecule has 0 spiro atoms. The van der Waals surface area contributed by atoms with Gasteiger partial charge in [0.1, 0.15) is 29.9 Å². The molecule has 0 N–H and O–H groups in total. The first-order valence-corrected chi connectivity index (χ1v) is 16.3. The fourth-order valence-corrected chi connectivity index (χ4v) is 8.67. The Kier molecular flexibility index (Phi) is 7.17. The summed E-state index contributed by atoms with van der Waals surface area (Å²) in [6.45, 7) is 4.57. The molecule has 2 aliphatic carbocycles. The lowest BCUT2D eigenvalue weighted by atomic mass is 9.93. The van der Waals surface area contributed by atoms with Gasteiger partial charge in [-0.15, -0.1) is 0 Å². The summed E-state index contributed by atoms with van der Waals surface area (Å²) in [5.74, 6) is -2.61. The lowest BCUT2D eigenvalue weighted by molar-refractivity contribution is -0.131. The Bertz CT molecular complexity index is 1860. The number of carbonyl (C=O) groups excluding carboxylic acids is 1. The van der Waals surface area contributed by atoms with E-state index in [4.69, 9.17) is 4.74 Å². The second-order valence-corrected chi connectivity index (χ2v) is 13.7. The second-order valence-electron chi connectivity index (χ2n) is 13.7. The normalized spacial score (nSPS) is 27.8. The minimum absolute atomic E-state index is 0.0352. The third kappa shape index (κ3) is 4.93. The Morgan fingerprint density at radius 3 is 2.85 bits per heavy atom. The Morgan fingerprint density at radius 1 is 1.19 bits per heavy atom. The maximum atomic E-state index is 16.8. The molecular weight excluding hydrogens is 612 g/mol. The molecule has 0 radical (unpaired) electrons. The zero-order valence-corrected chi connectivity index (χ0v) is 25.8. The molecule has 2 aromatic carbocycles. The highest BCUT2D eigenvalue weighted by molar-refractivity contribution is 5.95. The second kappa shape index (κ2) is 11.2. The molecule has 244 valence electrons. The SMILES string of the molecule is C=C(F)C(=O)N1CCN(c2nc(OC[C@@]34CCCN3C[C@H](F)C4)nc3c(F)c(-c4cccc5c4C4CC4C5)c(F)cc23)C[C@@H]1CC#N. The average Bonchev–Trinajstić information content (AvgIpc) is 3.37. The number of fused-ring (bicyclic) bond motifs is 5. The molecule has 8 nitrogen and oxygen atoms in total. The fraction of sp³-hybridized carbons (Fsp3) is 0.486. The number of nitriles is 1. The maximum Gasteiger partial charge on any atom is 0.319 e. The van der Waals surface area contributed by atoms with Crippen LogP contribution >= 0.6 is 0 Å². The number of aromatic nitrogens is 2. The lowest BCUT2D eigenvalue weighted by Crippen LogP contribution is -2.55. The van der Waals surface area contributed by atoms with Crippen LogP contribution in [0.5, 0.6) is 6.01 Å². The van der Waals surface area contributed by atoms with Crippen molar-refractivity contribution >= 4 is 22.6 Å². The fourth-order valence-electron chi connectivity index (χ4n) is 8.67. The van der Waals surface area contributed by atoms with Gasteiger partial charge in [0, 0.05) is 38.0 Å². The van der Waals surface area contributed by atoms with Crippen molar-refractivity contribution < 1.29 is 27.1 Å². The zero-order chi connectivity index (χ0) is 32.6. The topological polar surface area (TPSA) is 85.6 Å². The van der Waals surface area contributed by atoms with E-state index in [1.165, 1.54) is 11.0 Å². The number of anilines is 1. The summed E-state index contributed by atoms with van der Waals surface area (Å²) in [5.41, 5.74) is 1.87. The van der Waals surface area contributed by atoms with E-state index in [0.717, 1.165) is 43.4 Å². The quantitative estimate of drug-likeness (QED) is 0.244. The first kappa shape index (κ1) is 30.1. The van der Waals surface area contributed by atoms with Crippen molar-refractivity contribution in [3.63, 3.8) is 0 Å². The van der Waals surface area contributed by atoms with Crippen LogP contribution in [0.2, 0.25) is 0 Å². The van der Waals surface area contributed by atoms with Crippen LogP contribution in [0.15, 0.2) is 36.7 Å². The minimum atomic E-state index is -1.13.